The summed E-state index contributed by atoms with van der Waals surface area (Å²) in [5, 5.41) is 0. The number of rotatable bonds is 6. The molecule has 0 aliphatic carbocycles. The van der Waals surface area contributed by atoms with E-state index >= 15 is 0 Å². The molecule has 3 nitrogen and oxygen atoms in total. The molecule has 1 fully saturated rings. The third-order valence-corrected chi connectivity index (χ3v) is 5.30. The molecular weight excluding hydrogens is 316 g/mol. The van der Waals surface area contributed by atoms with Crippen molar-refractivity contribution in [3.63, 3.8) is 0 Å². The first-order chi connectivity index (χ1) is 10.0. The van der Waals surface area contributed by atoms with Crippen molar-refractivity contribution in [3.8, 4) is 0 Å². The van der Waals surface area contributed by atoms with Gasteiger partial charge in [0.25, 0.3) is 0 Å². The van der Waals surface area contributed by atoms with Gasteiger partial charge in [-0.25, -0.2) is 0 Å². The first-order valence-corrected chi connectivity index (χ1v) is 8.77. The van der Waals surface area contributed by atoms with Gasteiger partial charge in [-0.3, -0.25) is 4.79 Å². The second-order valence-corrected chi connectivity index (χ2v) is 7.29. The topological polar surface area (TPSA) is 46.3 Å². The Balaban J connectivity index is 0.00000242. The Morgan fingerprint density at radius 2 is 2.09 bits per heavy atom. The lowest BCUT2D eigenvalue weighted by Crippen LogP contribution is -2.52. The van der Waals surface area contributed by atoms with Crippen molar-refractivity contribution in [3.05, 3.63) is 30.3 Å². The molecule has 2 N–H and O–H groups in total. The molecular formula is C17H27ClN2OS. The SMILES string of the molecule is CCCC(C)(N)C(=O)N1CCC(CSc2ccccc2)C1.Cl. The van der Waals surface area contributed by atoms with Crippen molar-refractivity contribution in [1.29, 1.82) is 0 Å². The van der Waals surface area contributed by atoms with Crippen LogP contribution in [0.5, 0.6) is 0 Å². The second kappa shape index (κ2) is 8.80. The summed E-state index contributed by atoms with van der Waals surface area (Å²) in [6.07, 6.45) is 2.79. The fourth-order valence-electron chi connectivity index (χ4n) is 2.87. The Morgan fingerprint density at radius 3 is 2.73 bits per heavy atom. The molecule has 0 radical (unpaired) electrons. The maximum absolute atomic E-state index is 12.5. The van der Waals surface area contributed by atoms with Gasteiger partial charge in [0.05, 0.1) is 5.54 Å². The van der Waals surface area contributed by atoms with Crippen molar-refractivity contribution in [2.75, 3.05) is 18.8 Å². The molecule has 1 amide bonds. The smallest absolute Gasteiger partial charge is 0.242 e. The normalized spacial score (nSPS) is 20.3. The molecule has 2 atom stereocenters. The van der Waals surface area contributed by atoms with E-state index in [1.807, 2.05) is 29.7 Å². The summed E-state index contributed by atoms with van der Waals surface area (Å²) in [6.45, 7) is 5.65. The number of hydrogen-bond donors (Lipinski definition) is 1. The summed E-state index contributed by atoms with van der Waals surface area (Å²) in [5.74, 6) is 1.77. The molecule has 1 aliphatic rings. The molecule has 1 aromatic rings. The first kappa shape index (κ1) is 19.3. The lowest BCUT2D eigenvalue weighted by atomic mass is 9.96. The minimum Gasteiger partial charge on any atom is -0.341 e. The number of amides is 1. The van der Waals surface area contributed by atoms with Gasteiger partial charge >= 0.3 is 0 Å². The van der Waals surface area contributed by atoms with E-state index in [0.717, 1.165) is 38.1 Å². The van der Waals surface area contributed by atoms with Crippen LogP contribution < -0.4 is 5.73 Å². The number of carbonyl (C=O) groups is 1. The number of thioether (sulfide) groups is 1. The van der Waals surface area contributed by atoms with Crippen LogP contribution in [0.3, 0.4) is 0 Å². The summed E-state index contributed by atoms with van der Waals surface area (Å²) < 4.78 is 0. The van der Waals surface area contributed by atoms with Crippen molar-refractivity contribution in [2.45, 2.75) is 43.5 Å². The van der Waals surface area contributed by atoms with E-state index < -0.39 is 5.54 Å². The summed E-state index contributed by atoms with van der Waals surface area (Å²) in [7, 11) is 0. The van der Waals surface area contributed by atoms with Gasteiger partial charge < -0.3 is 10.6 Å². The number of hydrogen-bond acceptors (Lipinski definition) is 3. The van der Waals surface area contributed by atoms with Crippen LogP contribution in [0.15, 0.2) is 35.2 Å². The van der Waals surface area contributed by atoms with E-state index in [0.29, 0.717) is 5.92 Å². The Morgan fingerprint density at radius 1 is 1.41 bits per heavy atom. The molecule has 2 rings (SSSR count). The van der Waals surface area contributed by atoms with Gasteiger partial charge in [-0.15, -0.1) is 24.2 Å². The van der Waals surface area contributed by atoms with Crippen LogP contribution in [0.25, 0.3) is 0 Å². The largest absolute Gasteiger partial charge is 0.341 e. The van der Waals surface area contributed by atoms with Crippen molar-refractivity contribution in [2.24, 2.45) is 11.7 Å². The Hall–Kier alpha value is -0.710. The van der Waals surface area contributed by atoms with Gasteiger partial charge in [0.2, 0.25) is 5.91 Å². The minimum absolute atomic E-state index is 0. The maximum Gasteiger partial charge on any atom is 0.242 e. The highest BCUT2D eigenvalue weighted by atomic mass is 35.5. The molecule has 5 heteroatoms. The Kier molecular flexibility index (Phi) is 7.74. The third-order valence-electron chi connectivity index (χ3n) is 4.06. The molecule has 0 bridgehead atoms. The highest BCUT2D eigenvalue weighted by molar-refractivity contribution is 7.99. The fourth-order valence-corrected chi connectivity index (χ4v) is 3.92. The van der Waals surface area contributed by atoms with E-state index in [2.05, 4.69) is 31.2 Å². The zero-order valence-electron chi connectivity index (χ0n) is 13.5. The maximum atomic E-state index is 12.5. The zero-order chi connectivity index (χ0) is 15.3. The number of nitrogens with zero attached hydrogens (tertiary/aromatic N) is 1. The Labute approximate surface area is 144 Å². The Bertz CT molecular complexity index is 467. The van der Waals surface area contributed by atoms with Crippen LogP contribution in [0.4, 0.5) is 0 Å². The molecule has 22 heavy (non-hydrogen) atoms. The number of halogens is 1. The summed E-state index contributed by atoms with van der Waals surface area (Å²) in [4.78, 5) is 15.7. The standard InChI is InChI=1S/C17H26N2OS.ClH/c1-3-10-17(2,18)16(20)19-11-9-14(12-19)13-21-15-7-5-4-6-8-15;/h4-8,14H,3,9-13,18H2,1-2H3;1H. The van der Waals surface area contributed by atoms with E-state index in [4.69, 9.17) is 5.73 Å². The van der Waals surface area contributed by atoms with Crippen LogP contribution in [0.2, 0.25) is 0 Å². The highest BCUT2D eigenvalue weighted by Gasteiger charge is 2.35. The lowest BCUT2D eigenvalue weighted by Gasteiger charge is -2.29. The van der Waals surface area contributed by atoms with Crippen molar-refractivity contribution < 1.29 is 4.79 Å². The fraction of sp³-hybridized carbons (Fsp3) is 0.588. The van der Waals surface area contributed by atoms with Crippen molar-refractivity contribution in [1.82, 2.24) is 4.90 Å². The molecule has 124 valence electrons. The number of nitrogens with two attached hydrogens (primary N) is 1. The highest BCUT2D eigenvalue weighted by Crippen LogP contribution is 2.27. The van der Waals surface area contributed by atoms with Crippen LogP contribution in [0.1, 0.15) is 33.1 Å². The van der Waals surface area contributed by atoms with E-state index in [1.165, 1.54) is 4.90 Å². The molecule has 2 unspecified atom stereocenters. The monoisotopic (exact) mass is 342 g/mol. The number of benzene rings is 1. The van der Waals surface area contributed by atoms with Gasteiger partial charge in [0, 0.05) is 23.7 Å². The summed E-state index contributed by atoms with van der Waals surface area (Å²) in [5.41, 5.74) is 5.47. The zero-order valence-corrected chi connectivity index (χ0v) is 15.1. The molecule has 1 heterocycles. The third kappa shape index (κ3) is 5.18. The quantitative estimate of drug-likeness (QED) is 0.804. The van der Waals surface area contributed by atoms with Gasteiger partial charge in [-0.05, 0) is 37.8 Å². The predicted molar refractivity (Wildman–Crippen MR) is 96.6 cm³/mol. The number of likely N-dealkylation sites (tertiary alicyclic amines) is 1. The molecule has 1 aromatic carbocycles. The van der Waals surface area contributed by atoms with Crippen LogP contribution in [-0.2, 0) is 4.79 Å². The summed E-state index contributed by atoms with van der Waals surface area (Å²) >= 11 is 1.88. The minimum atomic E-state index is -0.698. The molecule has 0 saturated carbocycles. The summed E-state index contributed by atoms with van der Waals surface area (Å²) in [6, 6.07) is 10.5. The molecule has 0 aromatic heterocycles. The van der Waals surface area contributed by atoms with Crippen LogP contribution >= 0.6 is 24.2 Å². The molecule has 0 spiro atoms. The molecule has 1 aliphatic heterocycles. The van der Waals surface area contributed by atoms with Crippen LogP contribution in [0, 0.1) is 5.92 Å². The second-order valence-electron chi connectivity index (χ2n) is 6.20. The van der Waals surface area contributed by atoms with Crippen LogP contribution in [-0.4, -0.2) is 35.2 Å². The number of carbonyl (C=O) groups excluding carboxylic acids is 1. The van der Waals surface area contributed by atoms with Crippen molar-refractivity contribution >= 4 is 30.1 Å². The van der Waals surface area contributed by atoms with Gasteiger partial charge in [0.15, 0.2) is 0 Å². The average Bonchev–Trinajstić information content (AvgIpc) is 2.94. The lowest BCUT2D eigenvalue weighted by molar-refractivity contribution is -0.135. The van der Waals surface area contributed by atoms with E-state index in [1.54, 1.807) is 0 Å². The first-order valence-electron chi connectivity index (χ1n) is 7.79. The van der Waals surface area contributed by atoms with E-state index in [-0.39, 0.29) is 18.3 Å². The average molecular weight is 343 g/mol. The van der Waals surface area contributed by atoms with Gasteiger partial charge in [-0.2, -0.15) is 0 Å². The molecule has 1 saturated heterocycles. The predicted octanol–water partition coefficient (Wildman–Crippen LogP) is 3.57. The van der Waals surface area contributed by atoms with Gasteiger partial charge in [0.1, 0.15) is 0 Å². The van der Waals surface area contributed by atoms with Gasteiger partial charge in [-0.1, -0.05) is 31.5 Å². The van der Waals surface area contributed by atoms with E-state index in [9.17, 15) is 4.79 Å².